The number of thioether (sulfide) groups is 1. The Kier molecular flexibility index (Phi) is 6.24. The number of nitrogens with zero attached hydrogens (tertiary/aromatic N) is 2. The summed E-state index contributed by atoms with van der Waals surface area (Å²) < 4.78 is 18.6. The van der Waals surface area contributed by atoms with Gasteiger partial charge in [0, 0.05) is 0 Å². The summed E-state index contributed by atoms with van der Waals surface area (Å²) in [7, 11) is 0. The van der Waals surface area contributed by atoms with Gasteiger partial charge < -0.3 is 10.1 Å². The third kappa shape index (κ3) is 5.40. The van der Waals surface area contributed by atoms with Gasteiger partial charge in [0.05, 0.1) is 11.5 Å². The standard InChI is InChI=1S/C20H20FN3O2S/c1-13(2)18-19(25)23-20(27-18)24-22-11-14-5-9-17(10-6-14)26-12-15-3-7-16(21)8-4-15/h3-11,13,18H,12H2,1-2H3,(H,23,24,25)/b22-11-/t18-/m1/s1. The van der Waals surface area contributed by atoms with E-state index in [1.54, 1.807) is 18.3 Å². The van der Waals surface area contributed by atoms with E-state index in [9.17, 15) is 9.18 Å². The van der Waals surface area contributed by atoms with Crippen molar-refractivity contribution in [2.45, 2.75) is 25.7 Å². The summed E-state index contributed by atoms with van der Waals surface area (Å²) in [5, 5.41) is 11.2. The zero-order valence-electron chi connectivity index (χ0n) is 15.1. The van der Waals surface area contributed by atoms with Crippen LogP contribution in [-0.2, 0) is 11.4 Å². The molecular weight excluding hydrogens is 365 g/mol. The van der Waals surface area contributed by atoms with Gasteiger partial charge in [-0.3, -0.25) is 4.79 Å². The van der Waals surface area contributed by atoms with Crippen LogP contribution in [0.2, 0.25) is 0 Å². The molecular formula is C20H20FN3O2S. The van der Waals surface area contributed by atoms with E-state index < -0.39 is 0 Å². The Bertz CT molecular complexity index is 849. The highest BCUT2D eigenvalue weighted by Gasteiger charge is 2.32. The third-order valence-electron chi connectivity index (χ3n) is 3.89. The second-order valence-electron chi connectivity index (χ2n) is 6.41. The van der Waals surface area contributed by atoms with E-state index in [-0.39, 0.29) is 22.9 Å². The van der Waals surface area contributed by atoms with Crippen molar-refractivity contribution in [2.24, 2.45) is 16.1 Å². The van der Waals surface area contributed by atoms with Crippen molar-refractivity contribution in [2.75, 3.05) is 0 Å². The molecule has 1 N–H and O–H groups in total. The number of amides is 1. The van der Waals surface area contributed by atoms with Crippen molar-refractivity contribution in [3.63, 3.8) is 0 Å². The second kappa shape index (κ2) is 8.81. The zero-order chi connectivity index (χ0) is 19.2. The SMILES string of the molecule is CC(C)[C@H]1S/C(=N\N=C/c2ccc(OCc3ccc(F)cc3)cc2)NC1=O. The first-order valence-corrected chi connectivity index (χ1v) is 9.45. The molecule has 0 unspecified atom stereocenters. The van der Waals surface area contributed by atoms with Crippen LogP contribution in [0, 0.1) is 11.7 Å². The molecule has 0 aliphatic carbocycles. The first kappa shape index (κ1) is 19.1. The fraction of sp³-hybridized carbons (Fsp3) is 0.250. The summed E-state index contributed by atoms with van der Waals surface area (Å²) in [5.41, 5.74) is 1.76. The van der Waals surface area contributed by atoms with Gasteiger partial charge in [0.25, 0.3) is 0 Å². The number of benzene rings is 2. The summed E-state index contributed by atoms with van der Waals surface area (Å²) >= 11 is 1.40. The molecule has 1 aliphatic rings. The number of ether oxygens (including phenoxy) is 1. The molecule has 1 atom stereocenters. The molecule has 140 valence electrons. The molecule has 0 radical (unpaired) electrons. The van der Waals surface area contributed by atoms with Gasteiger partial charge in [-0.15, -0.1) is 5.10 Å². The number of carbonyl (C=O) groups is 1. The number of nitrogens with one attached hydrogen (secondary N) is 1. The van der Waals surface area contributed by atoms with Crippen molar-refractivity contribution in [3.05, 3.63) is 65.5 Å². The van der Waals surface area contributed by atoms with Crippen LogP contribution in [0.4, 0.5) is 4.39 Å². The number of halogens is 1. The molecule has 7 heteroatoms. The van der Waals surface area contributed by atoms with Crippen molar-refractivity contribution in [3.8, 4) is 5.75 Å². The minimum absolute atomic E-state index is 0.0217. The molecule has 27 heavy (non-hydrogen) atoms. The van der Waals surface area contributed by atoms with Crippen LogP contribution >= 0.6 is 11.8 Å². The molecule has 0 aromatic heterocycles. The maximum absolute atomic E-state index is 12.9. The Morgan fingerprint density at radius 2 is 1.89 bits per heavy atom. The fourth-order valence-corrected chi connectivity index (χ4v) is 3.35. The van der Waals surface area contributed by atoms with Crippen molar-refractivity contribution in [1.82, 2.24) is 5.32 Å². The van der Waals surface area contributed by atoms with E-state index in [0.717, 1.165) is 11.1 Å². The summed E-state index contributed by atoms with van der Waals surface area (Å²) in [4.78, 5) is 11.8. The molecule has 1 amide bonds. The summed E-state index contributed by atoms with van der Waals surface area (Å²) in [5.74, 6) is 0.670. The molecule has 3 rings (SSSR count). The highest BCUT2D eigenvalue weighted by molar-refractivity contribution is 8.15. The smallest absolute Gasteiger partial charge is 0.239 e. The number of carbonyl (C=O) groups excluding carboxylic acids is 1. The lowest BCUT2D eigenvalue weighted by Gasteiger charge is -2.07. The number of hydrogen-bond donors (Lipinski definition) is 1. The van der Waals surface area contributed by atoms with Gasteiger partial charge in [-0.05, 0) is 53.4 Å². The van der Waals surface area contributed by atoms with Gasteiger partial charge in [-0.2, -0.15) is 5.10 Å². The number of hydrogen-bond acceptors (Lipinski definition) is 5. The maximum atomic E-state index is 12.9. The average Bonchev–Trinajstić information content (AvgIpc) is 3.03. The maximum Gasteiger partial charge on any atom is 0.239 e. The van der Waals surface area contributed by atoms with Gasteiger partial charge in [-0.25, -0.2) is 4.39 Å². The highest BCUT2D eigenvalue weighted by Crippen LogP contribution is 2.25. The molecule has 0 saturated carbocycles. The fourth-order valence-electron chi connectivity index (χ4n) is 2.41. The van der Waals surface area contributed by atoms with Gasteiger partial charge >= 0.3 is 0 Å². The second-order valence-corrected chi connectivity index (χ2v) is 7.54. The number of amidine groups is 1. The molecule has 1 fully saturated rings. The first-order valence-electron chi connectivity index (χ1n) is 8.57. The highest BCUT2D eigenvalue weighted by atomic mass is 32.2. The van der Waals surface area contributed by atoms with Crippen LogP contribution in [-0.4, -0.2) is 22.5 Å². The van der Waals surface area contributed by atoms with Crippen molar-refractivity contribution < 1.29 is 13.9 Å². The van der Waals surface area contributed by atoms with Crippen LogP contribution < -0.4 is 10.1 Å². The van der Waals surface area contributed by atoms with E-state index in [1.807, 2.05) is 38.1 Å². The lowest BCUT2D eigenvalue weighted by molar-refractivity contribution is -0.119. The van der Waals surface area contributed by atoms with Gasteiger partial charge in [-0.1, -0.05) is 37.7 Å². The Labute approximate surface area is 161 Å². The molecule has 5 nitrogen and oxygen atoms in total. The lowest BCUT2D eigenvalue weighted by Crippen LogP contribution is -2.27. The van der Waals surface area contributed by atoms with Crippen LogP contribution in [0.25, 0.3) is 0 Å². The summed E-state index contributed by atoms with van der Waals surface area (Å²) in [6, 6.07) is 13.6. The molecule has 1 heterocycles. The molecule has 0 bridgehead atoms. The van der Waals surface area contributed by atoms with E-state index in [4.69, 9.17) is 4.74 Å². The predicted octanol–water partition coefficient (Wildman–Crippen LogP) is 3.98. The monoisotopic (exact) mass is 385 g/mol. The van der Waals surface area contributed by atoms with Gasteiger partial charge in [0.2, 0.25) is 5.91 Å². The Hall–Kier alpha value is -2.67. The average molecular weight is 385 g/mol. The quantitative estimate of drug-likeness (QED) is 0.604. The van der Waals surface area contributed by atoms with Crippen LogP contribution in [0.5, 0.6) is 5.75 Å². The first-order chi connectivity index (χ1) is 13.0. The summed E-state index contributed by atoms with van der Waals surface area (Å²) in [6.07, 6.45) is 1.62. The topological polar surface area (TPSA) is 63.1 Å². The minimum atomic E-state index is -0.263. The van der Waals surface area contributed by atoms with Crippen LogP contribution in [0.15, 0.2) is 58.7 Å². The largest absolute Gasteiger partial charge is 0.489 e. The van der Waals surface area contributed by atoms with Crippen molar-refractivity contribution in [1.29, 1.82) is 0 Å². The van der Waals surface area contributed by atoms with Crippen molar-refractivity contribution >= 4 is 29.1 Å². The van der Waals surface area contributed by atoms with Crippen LogP contribution in [0.1, 0.15) is 25.0 Å². The van der Waals surface area contributed by atoms with E-state index >= 15 is 0 Å². The normalized spacial score (nSPS) is 18.4. The molecule has 1 saturated heterocycles. The Balaban J connectivity index is 1.53. The summed E-state index contributed by atoms with van der Waals surface area (Å²) in [6.45, 7) is 4.38. The zero-order valence-corrected chi connectivity index (χ0v) is 15.9. The van der Waals surface area contributed by atoms with Gasteiger partial charge in [0.1, 0.15) is 18.2 Å². The Morgan fingerprint density at radius 3 is 2.52 bits per heavy atom. The van der Waals surface area contributed by atoms with E-state index in [1.165, 1.54) is 23.9 Å². The molecule has 2 aromatic carbocycles. The third-order valence-corrected chi connectivity index (χ3v) is 5.31. The Morgan fingerprint density at radius 1 is 1.19 bits per heavy atom. The van der Waals surface area contributed by atoms with E-state index in [2.05, 4.69) is 15.5 Å². The lowest BCUT2D eigenvalue weighted by atomic mass is 10.1. The predicted molar refractivity (Wildman–Crippen MR) is 107 cm³/mol. The molecule has 0 spiro atoms. The van der Waals surface area contributed by atoms with Gasteiger partial charge in [0.15, 0.2) is 5.17 Å². The minimum Gasteiger partial charge on any atom is -0.489 e. The van der Waals surface area contributed by atoms with E-state index in [0.29, 0.717) is 17.5 Å². The van der Waals surface area contributed by atoms with Crippen LogP contribution in [0.3, 0.4) is 0 Å². The molecule has 2 aromatic rings. The molecule has 1 aliphatic heterocycles. The number of rotatable bonds is 6.